The molecule has 29 heavy (non-hydrogen) atoms. The van der Waals surface area contributed by atoms with Gasteiger partial charge in [0.15, 0.2) is 15.8 Å². The van der Waals surface area contributed by atoms with Gasteiger partial charge in [-0.1, -0.05) is 36.4 Å². The van der Waals surface area contributed by atoms with Crippen LogP contribution in [-0.2, 0) is 27.5 Å². The van der Waals surface area contributed by atoms with E-state index >= 15 is 0 Å². The average Bonchev–Trinajstić information content (AvgIpc) is 3.47. The third-order valence-electron chi connectivity index (χ3n) is 5.17. The number of guanidine groups is 1. The Labute approximate surface area is 172 Å². The van der Waals surface area contributed by atoms with Gasteiger partial charge in [-0.15, -0.1) is 0 Å². The van der Waals surface area contributed by atoms with Crippen molar-refractivity contribution in [3.8, 4) is 0 Å². The smallest absolute Gasteiger partial charge is 0.191 e. The van der Waals surface area contributed by atoms with Gasteiger partial charge in [-0.25, -0.2) is 17.8 Å². The van der Waals surface area contributed by atoms with Gasteiger partial charge in [0, 0.05) is 24.8 Å². The quantitative estimate of drug-likeness (QED) is 0.511. The highest BCUT2D eigenvalue weighted by Gasteiger charge is 2.43. The molecule has 7 heteroatoms. The molecule has 0 atom stereocenters. The first kappa shape index (κ1) is 21.3. The van der Waals surface area contributed by atoms with Crippen molar-refractivity contribution in [1.29, 1.82) is 0 Å². The summed E-state index contributed by atoms with van der Waals surface area (Å²) in [4.78, 5) is 4.57. The van der Waals surface area contributed by atoms with E-state index in [0.717, 1.165) is 19.4 Å². The highest BCUT2D eigenvalue weighted by Crippen LogP contribution is 2.47. The number of hydrogen-bond acceptors (Lipinski definition) is 3. The third kappa shape index (κ3) is 6.03. The molecule has 0 aliphatic heterocycles. The van der Waals surface area contributed by atoms with Crippen molar-refractivity contribution in [3.05, 3.63) is 71.0 Å². The van der Waals surface area contributed by atoms with E-state index in [0.29, 0.717) is 23.6 Å². The molecule has 2 aromatic rings. The Balaban J connectivity index is 1.72. The largest absolute Gasteiger partial charge is 0.357 e. The molecule has 0 amide bonds. The highest BCUT2D eigenvalue weighted by atomic mass is 32.2. The van der Waals surface area contributed by atoms with Gasteiger partial charge in [-0.3, -0.25) is 0 Å². The minimum Gasteiger partial charge on any atom is -0.357 e. The van der Waals surface area contributed by atoms with E-state index < -0.39 is 15.7 Å². The molecule has 2 N–H and O–H groups in total. The maximum absolute atomic E-state index is 13.7. The Kier molecular flexibility index (Phi) is 6.57. The lowest BCUT2D eigenvalue weighted by Gasteiger charge is -2.19. The fourth-order valence-electron chi connectivity index (χ4n) is 3.43. The van der Waals surface area contributed by atoms with E-state index in [1.54, 1.807) is 0 Å². The molecular formula is C22H28FN3O2S. The number of nitrogens with one attached hydrogen (secondary N) is 2. The molecule has 1 fully saturated rings. The van der Waals surface area contributed by atoms with Crippen molar-refractivity contribution in [3.63, 3.8) is 0 Å². The number of halogens is 1. The van der Waals surface area contributed by atoms with Gasteiger partial charge in [0.05, 0.1) is 12.3 Å². The lowest BCUT2D eigenvalue weighted by Crippen LogP contribution is -2.41. The minimum atomic E-state index is -3.22. The maximum Gasteiger partial charge on any atom is 0.191 e. The minimum absolute atomic E-state index is 0.126. The van der Waals surface area contributed by atoms with Crippen LogP contribution in [-0.4, -0.2) is 33.7 Å². The molecule has 5 nitrogen and oxygen atoms in total. The summed E-state index contributed by atoms with van der Waals surface area (Å²) in [5.74, 6) is 0.120. The standard InChI is InChI=1S/C22H28FN3O2S/c1-3-24-21(26-16-22(11-12-22)19-7-5-4-6-8-19)25-14-18-13-20(23)10-9-17(18)15-29(2,27)28/h4-10,13H,3,11-12,14-16H2,1-2H3,(H2,24,25,26). The molecule has 0 spiro atoms. The van der Waals surface area contributed by atoms with Crippen LogP contribution < -0.4 is 10.6 Å². The molecule has 0 saturated heterocycles. The molecule has 0 heterocycles. The summed E-state index contributed by atoms with van der Waals surface area (Å²) in [5, 5.41) is 6.62. The molecule has 1 aliphatic rings. The van der Waals surface area contributed by atoms with Crippen LogP contribution in [0.4, 0.5) is 4.39 Å². The van der Waals surface area contributed by atoms with Crippen LogP contribution in [0.2, 0.25) is 0 Å². The van der Waals surface area contributed by atoms with E-state index in [2.05, 4.69) is 39.9 Å². The first-order valence-electron chi connectivity index (χ1n) is 9.84. The number of nitrogens with zero attached hydrogens (tertiary/aromatic N) is 1. The van der Waals surface area contributed by atoms with E-state index in [-0.39, 0.29) is 17.7 Å². The molecule has 0 radical (unpaired) electrons. The normalized spacial score (nSPS) is 15.8. The monoisotopic (exact) mass is 417 g/mol. The summed E-state index contributed by atoms with van der Waals surface area (Å²) in [6, 6.07) is 14.6. The van der Waals surface area contributed by atoms with Gasteiger partial charge in [0.25, 0.3) is 0 Å². The van der Waals surface area contributed by atoms with Gasteiger partial charge in [0.2, 0.25) is 0 Å². The number of aliphatic imine (C=N–C) groups is 1. The van der Waals surface area contributed by atoms with Crippen molar-refractivity contribution < 1.29 is 12.8 Å². The fraction of sp³-hybridized carbons (Fsp3) is 0.409. The van der Waals surface area contributed by atoms with Crippen molar-refractivity contribution >= 4 is 15.8 Å². The van der Waals surface area contributed by atoms with Crippen LogP contribution in [0.1, 0.15) is 36.5 Å². The molecule has 0 aromatic heterocycles. The van der Waals surface area contributed by atoms with Crippen LogP contribution in [0.25, 0.3) is 0 Å². The Morgan fingerprint density at radius 2 is 1.83 bits per heavy atom. The topological polar surface area (TPSA) is 70.6 Å². The molecule has 0 unspecified atom stereocenters. The van der Waals surface area contributed by atoms with Crippen molar-refractivity contribution in [2.24, 2.45) is 4.99 Å². The van der Waals surface area contributed by atoms with Crippen LogP contribution in [0, 0.1) is 5.82 Å². The molecule has 1 saturated carbocycles. The molecule has 156 valence electrons. The summed E-state index contributed by atoms with van der Waals surface area (Å²) >= 11 is 0. The van der Waals surface area contributed by atoms with Crippen LogP contribution in [0.3, 0.4) is 0 Å². The zero-order valence-corrected chi connectivity index (χ0v) is 17.7. The summed E-state index contributed by atoms with van der Waals surface area (Å²) in [5.41, 5.74) is 2.62. The highest BCUT2D eigenvalue weighted by molar-refractivity contribution is 7.89. The number of sulfone groups is 1. The zero-order chi connectivity index (χ0) is 20.9. The summed E-state index contributed by atoms with van der Waals surface area (Å²) < 4.78 is 37.1. The van der Waals surface area contributed by atoms with E-state index in [9.17, 15) is 12.8 Å². The summed E-state index contributed by atoms with van der Waals surface area (Å²) in [6.07, 6.45) is 3.44. The van der Waals surface area contributed by atoms with Crippen LogP contribution in [0.5, 0.6) is 0 Å². The predicted octanol–water partition coefficient (Wildman–Crippen LogP) is 3.16. The lowest BCUT2D eigenvalue weighted by molar-refractivity contribution is 0.600. The maximum atomic E-state index is 13.7. The second kappa shape index (κ2) is 8.95. The zero-order valence-electron chi connectivity index (χ0n) is 16.9. The molecular weight excluding hydrogens is 389 g/mol. The van der Waals surface area contributed by atoms with Crippen molar-refractivity contribution in [1.82, 2.24) is 10.6 Å². The summed E-state index contributed by atoms with van der Waals surface area (Å²) in [6.45, 7) is 3.65. The van der Waals surface area contributed by atoms with Gasteiger partial charge < -0.3 is 10.6 Å². The van der Waals surface area contributed by atoms with Crippen molar-refractivity contribution in [2.45, 2.75) is 37.5 Å². The predicted molar refractivity (Wildman–Crippen MR) is 115 cm³/mol. The number of hydrogen-bond donors (Lipinski definition) is 2. The summed E-state index contributed by atoms with van der Waals surface area (Å²) in [7, 11) is -3.22. The van der Waals surface area contributed by atoms with Gasteiger partial charge in [-0.05, 0) is 48.6 Å². The first-order chi connectivity index (χ1) is 13.8. The van der Waals surface area contributed by atoms with E-state index in [1.807, 2.05) is 13.0 Å². The Hall–Kier alpha value is -2.41. The average molecular weight is 418 g/mol. The molecule has 3 rings (SSSR count). The molecule has 1 aliphatic carbocycles. The second-order valence-electron chi connectivity index (χ2n) is 7.68. The van der Waals surface area contributed by atoms with Gasteiger partial charge >= 0.3 is 0 Å². The Morgan fingerprint density at radius 1 is 1.10 bits per heavy atom. The lowest BCUT2D eigenvalue weighted by atomic mass is 9.96. The van der Waals surface area contributed by atoms with Crippen LogP contribution in [0.15, 0.2) is 53.5 Å². The van der Waals surface area contributed by atoms with E-state index in [1.165, 1.54) is 30.0 Å². The third-order valence-corrected chi connectivity index (χ3v) is 6.01. The molecule has 0 bridgehead atoms. The van der Waals surface area contributed by atoms with Crippen LogP contribution >= 0.6 is 0 Å². The fourth-order valence-corrected chi connectivity index (χ4v) is 4.28. The Bertz CT molecular complexity index is 971. The Morgan fingerprint density at radius 3 is 2.45 bits per heavy atom. The van der Waals surface area contributed by atoms with E-state index in [4.69, 9.17) is 0 Å². The number of rotatable bonds is 8. The van der Waals surface area contributed by atoms with Gasteiger partial charge in [-0.2, -0.15) is 0 Å². The molecule has 2 aromatic carbocycles. The first-order valence-corrected chi connectivity index (χ1v) is 11.9. The second-order valence-corrected chi connectivity index (χ2v) is 9.82. The SMILES string of the molecule is CCNC(=NCc1cc(F)ccc1CS(C)(=O)=O)NCC1(c2ccccc2)CC1. The van der Waals surface area contributed by atoms with Crippen molar-refractivity contribution in [2.75, 3.05) is 19.3 Å². The van der Waals surface area contributed by atoms with Gasteiger partial charge in [0.1, 0.15) is 5.82 Å². The number of benzene rings is 2.